The zero-order valence-electron chi connectivity index (χ0n) is 9.80. The van der Waals surface area contributed by atoms with E-state index in [0.29, 0.717) is 12.8 Å². The molecule has 5 heteroatoms. The van der Waals surface area contributed by atoms with Crippen LogP contribution >= 0.6 is 0 Å². The van der Waals surface area contributed by atoms with Gasteiger partial charge in [-0.25, -0.2) is 4.39 Å². The third-order valence-electron chi connectivity index (χ3n) is 3.37. The second-order valence-electron chi connectivity index (χ2n) is 4.73. The minimum absolute atomic E-state index is 0.0256. The Morgan fingerprint density at radius 1 is 1.11 bits per heavy atom. The maximum atomic E-state index is 13.4. The minimum atomic E-state index is -4.14. The molecule has 1 aromatic rings. The number of hydrogen-bond acceptors (Lipinski definition) is 1. The van der Waals surface area contributed by atoms with Gasteiger partial charge >= 0.3 is 6.18 Å². The van der Waals surface area contributed by atoms with Crippen LogP contribution in [0.4, 0.5) is 23.2 Å². The number of benzene rings is 1. The lowest BCUT2D eigenvalue weighted by molar-refractivity contribution is -0.182. The summed E-state index contributed by atoms with van der Waals surface area (Å²) in [7, 11) is 0. The van der Waals surface area contributed by atoms with Crippen LogP contribution in [0.3, 0.4) is 0 Å². The van der Waals surface area contributed by atoms with Gasteiger partial charge in [-0.2, -0.15) is 13.2 Å². The number of para-hydroxylation sites is 1. The van der Waals surface area contributed by atoms with Crippen molar-refractivity contribution in [2.75, 3.05) is 5.32 Å². The summed E-state index contributed by atoms with van der Waals surface area (Å²) >= 11 is 0. The summed E-state index contributed by atoms with van der Waals surface area (Å²) < 4.78 is 51.3. The van der Waals surface area contributed by atoms with Crippen LogP contribution in [0, 0.1) is 11.7 Å². The van der Waals surface area contributed by atoms with E-state index in [-0.39, 0.29) is 24.6 Å². The topological polar surface area (TPSA) is 12.0 Å². The predicted molar refractivity (Wildman–Crippen MR) is 61.8 cm³/mol. The van der Waals surface area contributed by atoms with Crippen molar-refractivity contribution < 1.29 is 17.6 Å². The fourth-order valence-corrected chi connectivity index (χ4v) is 2.42. The van der Waals surface area contributed by atoms with Gasteiger partial charge in [-0.1, -0.05) is 18.6 Å². The highest BCUT2D eigenvalue weighted by Gasteiger charge is 2.42. The predicted octanol–water partition coefficient (Wildman–Crippen LogP) is 4.36. The molecule has 1 saturated carbocycles. The lowest BCUT2D eigenvalue weighted by Crippen LogP contribution is -2.34. The first kappa shape index (κ1) is 13.2. The highest BCUT2D eigenvalue weighted by Crippen LogP contribution is 2.38. The molecule has 1 aromatic carbocycles. The number of hydrogen-bond donors (Lipinski definition) is 1. The average molecular weight is 261 g/mol. The first-order valence-corrected chi connectivity index (χ1v) is 6.04. The number of rotatable bonds is 2. The van der Waals surface area contributed by atoms with E-state index in [9.17, 15) is 17.6 Å². The van der Waals surface area contributed by atoms with Gasteiger partial charge in [-0.3, -0.25) is 0 Å². The Bertz CT molecular complexity index is 402. The molecule has 0 bridgehead atoms. The highest BCUT2D eigenvalue weighted by molar-refractivity contribution is 5.45. The number of nitrogens with one attached hydrogen (secondary N) is 1. The van der Waals surface area contributed by atoms with Crippen molar-refractivity contribution in [3.05, 3.63) is 30.1 Å². The van der Waals surface area contributed by atoms with E-state index >= 15 is 0 Å². The van der Waals surface area contributed by atoms with Gasteiger partial charge in [0.05, 0.1) is 11.6 Å². The molecule has 0 amide bonds. The lowest BCUT2D eigenvalue weighted by atomic mass is 9.85. The number of halogens is 4. The summed E-state index contributed by atoms with van der Waals surface area (Å²) in [6.45, 7) is 0. The monoisotopic (exact) mass is 261 g/mol. The number of anilines is 1. The Morgan fingerprint density at radius 3 is 2.50 bits per heavy atom. The van der Waals surface area contributed by atoms with Crippen LogP contribution < -0.4 is 5.32 Å². The van der Waals surface area contributed by atoms with Gasteiger partial charge < -0.3 is 5.32 Å². The van der Waals surface area contributed by atoms with Crippen LogP contribution in [0.25, 0.3) is 0 Å². The molecule has 1 aliphatic carbocycles. The van der Waals surface area contributed by atoms with Crippen LogP contribution in [-0.4, -0.2) is 12.2 Å². The standard InChI is InChI=1S/C13H15F4N/c14-11-6-1-2-7-12(11)18-10-5-3-4-9(8-10)13(15,16)17/h1-2,6-7,9-10,18H,3-5,8H2. The molecule has 0 saturated heterocycles. The molecule has 100 valence electrons. The van der Waals surface area contributed by atoms with Crippen LogP contribution in [0.15, 0.2) is 24.3 Å². The zero-order valence-corrected chi connectivity index (χ0v) is 9.80. The molecule has 2 atom stereocenters. The molecule has 1 nitrogen and oxygen atoms in total. The Hall–Kier alpha value is -1.26. The molecule has 0 aliphatic heterocycles. The molecule has 0 aromatic heterocycles. The van der Waals surface area contributed by atoms with Gasteiger partial charge in [0.1, 0.15) is 5.82 Å². The Kier molecular flexibility index (Phi) is 3.78. The molecule has 18 heavy (non-hydrogen) atoms. The molecule has 0 radical (unpaired) electrons. The maximum Gasteiger partial charge on any atom is 0.391 e. The van der Waals surface area contributed by atoms with Gasteiger partial charge in [0.15, 0.2) is 0 Å². The first-order valence-electron chi connectivity index (χ1n) is 6.04. The lowest BCUT2D eigenvalue weighted by Gasteiger charge is -2.31. The molecule has 2 unspecified atom stereocenters. The summed E-state index contributed by atoms with van der Waals surface area (Å²) in [6, 6.07) is 5.76. The van der Waals surface area contributed by atoms with Crippen molar-refractivity contribution >= 4 is 5.69 Å². The van der Waals surface area contributed by atoms with Crippen molar-refractivity contribution in [2.45, 2.75) is 37.9 Å². The first-order chi connectivity index (χ1) is 8.47. The summed E-state index contributed by atoms with van der Waals surface area (Å²) in [5.41, 5.74) is 0.283. The van der Waals surface area contributed by atoms with Crippen LogP contribution in [0.1, 0.15) is 25.7 Å². The van der Waals surface area contributed by atoms with Crippen molar-refractivity contribution in [1.82, 2.24) is 0 Å². The largest absolute Gasteiger partial charge is 0.391 e. The molecular formula is C13H15F4N. The van der Waals surface area contributed by atoms with Crippen LogP contribution in [0.2, 0.25) is 0 Å². The Morgan fingerprint density at radius 2 is 1.83 bits per heavy atom. The fraction of sp³-hybridized carbons (Fsp3) is 0.538. The van der Waals surface area contributed by atoms with Gasteiger partial charge in [-0.05, 0) is 31.4 Å². The van der Waals surface area contributed by atoms with Crippen molar-refractivity contribution in [3.63, 3.8) is 0 Å². The minimum Gasteiger partial charge on any atom is -0.380 e. The molecule has 0 spiro atoms. The molecule has 1 N–H and O–H groups in total. The van der Waals surface area contributed by atoms with Gasteiger partial charge in [-0.15, -0.1) is 0 Å². The SMILES string of the molecule is Fc1ccccc1NC1CCCC(C(F)(F)F)C1. The van der Waals surface area contributed by atoms with Crippen molar-refractivity contribution in [3.8, 4) is 0 Å². The van der Waals surface area contributed by atoms with E-state index in [1.165, 1.54) is 6.07 Å². The molecule has 1 fully saturated rings. The summed E-state index contributed by atoms with van der Waals surface area (Å²) in [6.07, 6.45) is -2.76. The second-order valence-corrected chi connectivity index (χ2v) is 4.73. The molecular weight excluding hydrogens is 246 g/mol. The molecule has 2 rings (SSSR count). The second kappa shape index (κ2) is 5.16. The summed E-state index contributed by atoms with van der Waals surface area (Å²) in [5, 5.41) is 2.88. The summed E-state index contributed by atoms with van der Waals surface area (Å²) in [5.74, 6) is -1.69. The molecule has 0 heterocycles. The Labute approximate surface area is 103 Å². The maximum absolute atomic E-state index is 13.4. The van der Waals surface area contributed by atoms with Gasteiger partial charge in [0.2, 0.25) is 0 Å². The smallest absolute Gasteiger partial charge is 0.380 e. The van der Waals surface area contributed by atoms with Crippen molar-refractivity contribution in [1.29, 1.82) is 0 Å². The van der Waals surface area contributed by atoms with Crippen LogP contribution in [0.5, 0.6) is 0 Å². The number of alkyl halides is 3. The van der Waals surface area contributed by atoms with Crippen LogP contribution in [-0.2, 0) is 0 Å². The van der Waals surface area contributed by atoms with Gasteiger partial charge in [0, 0.05) is 6.04 Å². The van der Waals surface area contributed by atoms with E-state index in [1.807, 2.05) is 0 Å². The zero-order chi connectivity index (χ0) is 13.2. The quantitative estimate of drug-likeness (QED) is 0.780. The highest BCUT2D eigenvalue weighted by atomic mass is 19.4. The van der Waals surface area contributed by atoms with E-state index in [4.69, 9.17) is 0 Å². The Balaban J connectivity index is 2.00. The van der Waals surface area contributed by atoms with E-state index in [2.05, 4.69) is 5.32 Å². The van der Waals surface area contributed by atoms with E-state index < -0.39 is 17.9 Å². The van der Waals surface area contributed by atoms with Crippen molar-refractivity contribution in [2.24, 2.45) is 5.92 Å². The van der Waals surface area contributed by atoms with Gasteiger partial charge in [0.25, 0.3) is 0 Å². The molecule has 1 aliphatic rings. The third kappa shape index (κ3) is 3.15. The normalized spacial score (nSPS) is 24.9. The van der Waals surface area contributed by atoms with E-state index in [1.54, 1.807) is 18.2 Å². The average Bonchev–Trinajstić information content (AvgIpc) is 2.31. The fourth-order valence-electron chi connectivity index (χ4n) is 2.42. The van der Waals surface area contributed by atoms with E-state index in [0.717, 1.165) is 0 Å². The summed E-state index contributed by atoms with van der Waals surface area (Å²) in [4.78, 5) is 0. The third-order valence-corrected chi connectivity index (χ3v) is 3.37.